The van der Waals surface area contributed by atoms with Crippen molar-refractivity contribution in [1.82, 2.24) is 19.3 Å². The lowest BCUT2D eigenvalue weighted by molar-refractivity contribution is -0.141. The second-order valence-corrected chi connectivity index (χ2v) is 11.7. The monoisotopic (exact) mass is 606 g/mol. The summed E-state index contributed by atoms with van der Waals surface area (Å²) in [5.41, 5.74) is -3.31. The normalized spacial score (nSPS) is 12.1. The smallest absolute Gasteiger partial charge is 0.435 e. The predicted octanol–water partition coefficient (Wildman–Crippen LogP) is 4.80. The average Bonchev–Trinajstić information content (AvgIpc) is 3.33. The van der Waals surface area contributed by atoms with E-state index in [2.05, 4.69) is 10.1 Å². The fourth-order valence-electron chi connectivity index (χ4n) is 4.57. The van der Waals surface area contributed by atoms with Gasteiger partial charge in [0.25, 0.3) is 5.56 Å². The maximum Gasteiger partial charge on any atom is 0.435 e. The van der Waals surface area contributed by atoms with Crippen LogP contribution in [-0.4, -0.2) is 47.1 Å². The zero-order valence-electron chi connectivity index (χ0n) is 23.4. The highest BCUT2D eigenvalue weighted by Crippen LogP contribution is 2.40. The van der Waals surface area contributed by atoms with E-state index < -0.39 is 48.5 Å². The predicted molar refractivity (Wildman–Crippen MR) is 147 cm³/mol. The van der Waals surface area contributed by atoms with E-state index in [1.54, 1.807) is 6.07 Å². The number of sulfone groups is 1. The molecule has 14 heteroatoms. The van der Waals surface area contributed by atoms with Gasteiger partial charge < -0.3 is 14.6 Å². The Morgan fingerprint density at radius 1 is 1.00 bits per heavy atom. The van der Waals surface area contributed by atoms with Crippen molar-refractivity contribution in [2.45, 2.75) is 42.7 Å². The topological polar surface area (TPSA) is 126 Å². The number of methoxy groups -OCH3 is 2. The van der Waals surface area contributed by atoms with Crippen molar-refractivity contribution in [2.75, 3.05) is 14.2 Å². The maximum absolute atomic E-state index is 14.2. The Kier molecular flexibility index (Phi) is 8.39. The van der Waals surface area contributed by atoms with E-state index in [0.29, 0.717) is 6.42 Å². The van der Waals surface area contributed by atoms with E-state index in [4.69, 9.17) is 9.47 Å². The third-order valence-electron chi connectivity index (χ3n) is 6.50. The Morgan fingerprint density at radius 3 is 2.19 bits per heavy atom. The number of nitrogens with zero attached hydrogens (tertiary/aromatic N) is 4. The molecule has 1 N–H and O–H groups in total. The molecule has 2 aromatic carbocycles. The lowest BCUT2D eigenvalue weighted by atomic mass is 10.1. The molecule has 0 bridgehead atoms. The molecule has 42 heavy (non-hydrogen) atoms. The van der Waals surface area contributed by atoms with Gasteiger partial charge >= 0.3 is 6.18 Å². The van der Waals surface area contributed by atoms with Crippen molar-refractivity contribution in [3.63, 3.8) is 0 Å². The van der Waals surface area contributed by atoms with Crippen LogP contribution in [0.25, 0.3) is 16.8 Å². The molecule has 2 heterocycles. The summed E-state index contributed by atoms with van der Waals surface area (Å²) in [6.45, 7) is 3.88. The molecule has 0 aliphatic heterocycles. The molecular formula is C28H29F3N4O6S. The van der Waals surface area contributed by atoms with E-state index in [1.165, 1.54) is 51.6 Å². The summed E-state index contributed by atoms with van der Waals surface area (Å²) in [7, 11) is -1.01. The van der Waals surface area contributed by atoms with Crippen LogP contribution in [0.5, 0.6) is 17.4 Å². The van der Waals surface area contributed by atoms with Crippen molar-refractivity contribution in [1.29, 1.82) is 0 Å². The molecule has 0 aliphatic rings. The lowest BCUT2D eigenvalue weighted by Crippen LogP contribution is -2.30. The van der Waals surface area contributed by atoms with Crippen LogP contribution in [-0.2, 0) is 29.5 Å². The van der Waals surface area contributed by atoms with Gasteiger partial charge in [0.2, 0.25) is 15.7 Å². The highest BCUT2D eigenvalue weighted by Gasteiger charge is 2.40. The Morgan fingerprint density at radius 2 is 1.62 bits per heavy atom. The second kappa shape index (κ2) is 11.5. The van der Waals surface area contributed by atoms with Crippen LogP contribution < -0.4 is 15.0 Å². The minimum Gasteiger partial charge on any atom is -0.494 e. The summed E-state index contributed by atoms with van der Waals surface area (Å²) in [5, 5.41) is 14.4. The molecular weight excluding hydrogens is 577 g/mol. The van der Waals surface area contributed by atoms with E-state index in [0.717, 1.165) is 21.5 Å². The zero-order chi connectivity index (χ0) is 31.0. The van der Waals surface area contributed by atoms with Crippen molar-refractivity contribution in [3.8, 4) is 34.2 Å². The van der Waals surface area contributed by atoms with Crippen LogP contribution in [0.2, 0.25) is 0 Å². The SMILES string of the molecule is COc1cccc(OC)c1-n1c(CCC(C)C)nc(O)c(S(=O)(=O)c2ccccc2-c2cn(C)nc2C(F)(F)F)c1=O. The van der Waals surface area contributed by atoms with Crippen LogP contribution >= 0.6 is 0 Å². The number of aryl methyl sites for hydroxylation is 2. The molecule has 0 unspecified atom stereocenters. The first-order valence-electron chi connectivity index (χ1n) is 12.7. The summed E-state index contributed by atoms with van der Waals surface area (Å²) in [5.74, 6) is -0.573. The Hall–Kier alpha value is -4.33. The molecule has 4 rings (SSSR count). The molecule has 0 spiro atoms. The number of benzene rings is 2. The van der Waals surface area contributed by atoms with Crippen LogP contribution in [0.4, 0.5) is 13.2 Å². The number of aromatic hydroxyl groups is 1. The molecule has 0 amide bonds. The van der Waals surface area contributed by atoms with Gasteiger partial charge in [0.15, 0.2) is 10.6 Å². The van der Waals surface area contributed by atoms with Crippen LogP contribution in [0.3, 0.4) is 0 Å². The van der Waals surface area contributed by atoms with E-state index in [9.17, 15) is 31.5 Å². The number of para-hydroxylation sites is 1. The first-order valence-corrected chi connectivity index (χ1v) is 14.2. The summed E-state index contributed by atoms with van der Waals surface area (Å²) < 4.78 is 82.5. The van der Waals surface area contributed by atoms with E-state index >= 15 is 0 Å². The Labute approximate surface area is 239 Å². The fourth-order valence-corrected chi connectivity index (χ4v) is 6.12. The average molecular weight is 607 g/mol. The summed E-state index contributed by atoms with van der Waals surface area (Å²) in [6.07, 6.45) is -3.17. The van der Waals surface area contributed by atoms with Gasteiger partial charge in [-0.15, -0.1) is 0 Å². The number of rotatable bonds is 9. The van der Waals surface area contributed by atoms with Gasteiger partial charge in [0.05, 0.1) is 19.1 Å². The highest BCUT2D eigenvalue weighted by atomic mass is 32.2. The largest absolute Gasteiger partial charge is 0.494 e. The molecule has 0 aliphatic carbocycles. The number of alkyl halides is 3. The summed E-state index contributed by atoms with van der Waals surface area (Å²) in [6, 6.07) is 9.55. The molecule has 0 saturated heterocycles. The third kappa shape index (κ3) is 5.58. The van der Waals surface area contributed by atoms with Gasteiger partial charge in [-0.3, -0.25) is 14.0 Å². The number of halogens is 3. The molecule has 4 aromatic rings. The molecule has 224 valence electrons. The van der Waals surface area contributed by atoms with Gasteiger partial charge in [-0.25, -0.2) is 8.42 Å². The van der Waals surface area contributed by atoms with E-state index in [-0.39, 0.29) is 40.9 Å². The van der Waals surface area contributed by atoms with Crippen molar-refractivity contribution in [2.24, 2.45) is 13.0 Å². The third-order valence-corrected chi connectivity index (χ3v) is 8.33. The molecule has 0 radical (unpaired) electrons. The van der Waals surface area contributed by atoms with Crippen LogP contribution in [0.1, 0.15) is 31.8 Å². The first kappa shape index (κ1) is 30.6. The van der Waals surface area contributed by atoms with Crippen molar-refractivity contribution >= 4 is 9.84 Å². The standard InChI is InChI=1S/C28H29F3N4O6S/c1-16(2)13-14-22-32-26(36)24(27(37)35(22)23-19(40-4)10-8-11-20(23)41-5)42(38,39)21-12-7-6-9-17(21)18-15-34(3)33-25(18)28(29,30)31/h6-12,15-16,36H,13-14H2,1-5H3. The second-order valence-electron chi connectivity index (χ2n) is 9.83. The number of hydrogen-bond donors (Lipinski definition) is 1. The Balaban J connectivity index is 2.07. The van der Waals surface area contributed by atoms with Crippen LogP contribution in [0.15, 0.2) is 63.2 Å². The number of hydrogen-bond acceptors (Lipinski definition) is 8. The highest BCUT2D eigenvalue weighted by molar-refractivity contribution is 7.91. The molecule has 2 aromatic heterocycles. The molecule has 0 atom stereocenters. The lowest BCUT2D eigenvalue weighted by Gasteiger charge is -2.20. The minimum atomic E-state index is -4.98. The fraction of sp³-hybridized carbons (Fsp3) is 0.321. The molecule has 0 fully saturated rings. The van der Waals surface area contributed by atoms with E-state index in [1.807, 2.05) is 13.8 Å². The summed E-state index contributed by atoms with van der Waals surface area (Å²) in [4.78, 5) is 16.5. The summed E-state index contributed by atoms with van der Waals surface area (Å²) >= 11 is 0. The number of aromatic nitrogens is 4. The zero-order valence-corrected chi connectivity index (χ0v) is 24.2. The van der Waals surface area contributed by atoms with Gasteiger partial charge in [-0.05, 0) is 30.5 Å². The van der Waals surface area contributed by atoms with Crippen molar-refractivity contribution < 1.29 is 36.2 Å². The quantitative estimate of drug-likeness (QED) is 0.288. The van der Waals surface area contributed by atoms with Gasteiger partial charge in [-0.1, -0.05) is 38.1 Å². The van der Waals surface area contributed by atoms with Crippen LogP contribution in [0, 0.1) is 5.92 Å². The minimum absolute atomic E-state index is 0.0350. The molecule has 10 nitrogen and oxygen atoms in total. The first-order chi connectivity index (χ1) is 19.7. The molecule has 0 saturated carbocycles. The maximum atomic E-state index is 14.2. The Bertz CT molecular complexity index is 1770. The van der Waals surface area contributed by atoms with Crippen molar-refractivity contribution in [3.05, 3.63) is 70.5 Å². The van der Waals surface area contributed by atoms with Gasteiger partial charge in [-0.2, -0.15) is 23.3 Å². The number of ether oxygens (including phenoxy) is 2. The van der Waals surface area contributed by atoms with Gasteiger partial charge in [0, 0.05) is 30.8 Å². The van der Waals surface area contributed by atoms with Gasteiger partial charge in [0.1, 0.15) is 23.0 Å².